The van der Waals surface area contributed by atoms with Crippen molar-refractivity contribution in [3.8, 4) is 0 Å². The van der Waals surface area contributed by atoms with E-state index in [1.54, 1.807) is 4.90 Å². The van der Waals surface area contributed by atoms with Crippen LogP contribution in [0.2, 0.25) is 0 Å². The number of carbonyl (C=O) groups excluding carboxylic acids is 3. The number of benzene rings is 1. The van der Waals surface area contributed by atoms with E-state index >= 15 is 0 Å². The Morgan fingerprint density at radius 3 is 2.72 bits per heavy atom. The van der Waals surface area contributed by atoms with Crippen LogP contribution in [0.5, 0.6) is 0 Å². The minimum Gasteiger partial charge on any atom is -0.456 e. The number of anilines is 1. The summed E-state index contributed by atoms with van der Waals surface area (Å²) in [5.74, 6) is -0.437. The molecule has 6 nitrogen and oxygen atoms in total. The third-order valence-corrected chi connectivity index (χ3v) is 5.11. The monoisotopic (exact) mass is 364 g/mol. The van der Waals surface area contributed by atoms with Gasteiger partial charge < -0.3 is 15.0 Å². The van der Waals surface area contributed by atoms with Crippen molar-refractivity contribution in [3.05, 3.63) is 24.3 Å². The van der Waals surface area contributed by atoms with Crippen molar-refractivity contribution in [2.75, 3.05) is 23.8 Å². The molecular weight excluding hydrogens is 340 g/mol. The summed E-state index contributed by atoms with van der Waals surface area (Å²) in [5.41, 5.74) is 0.822. The Balaban J connectivity index is 1.80. The number of nitrogens with zero attached hydrogens (tertiary/aromatic N) is 1. The average Bonchev–Trinajstić information content (AvgIpc) is 2.63. The molecule has 1 aromatic carbocycles. The van der Waals surface area contributed by atoms with Gasteiger partial charge in [0.25, 0.3) is 5.91 Å². The molecule has 2 rings (SSSR count). The summed E-state index contributed by atoms with van der Waals surface area (Å²) in [6.45, 7) is 3.96. The van der Waals surface area contributed by atoms with Crippen LogP contribution in [0.1, 0.15) is 33.1 Å². The number of para-hydroxylation sites is 1. The van der Waals surface area contributed by atoms with E-state index in [0.29, 0.717) is 5.75 Å². The van der Waals surface area contributed by atoms with Gasteiger partial charge in [-0.1, -0.05) is 26.0 Å². The first kappa shape index (κ1) is 19.3. The van der Waals surface area contributed by atoms with Crippen molar-refractivity contribution < 1.29 is 19.1 Å². The molecule has 1 N–H and O–H groups in total. The molecule has 0 bridgehead atoms. The van der Waals surface area contributed by atoms with Crippen LogP contribution in [0.3, 0.4) is 0 Å². The number of amides is 2. The SMILES string of the molecule is CCC(CC)NC(=O)COC(=O)CCN1C(=O)CSc2ccccc21. The van der Waals surface area contributed by atoms with Crippen molar-refractivity contribution in [2.24, 2.45) is 0 Å². The van der Waals surface area contributed by atoms with Gasteiger partial charge in [0.2, 0.25) is 5.91 Å². The van der Waals surface area contributed by atoms with Crippen LogP contribution < -0.4 is 10.2 Å². The Labute approximate surface area is 152 Å². The number of esters is 1. The van der Waals surface area contributed by atoms with Gasteiger partial charge in [-0.05, 0) is 25.0 Å². The Bertz CT molecular complexity index is 631. The number of hydrogen-bond acceptors (Lipinski definition) is 5. The maximum Gasteiger partial charge on any atom is 0.308 e. The third kappa shape index (κ3) is 5.49. The van der Waals surface area contributed by atoms with E-state index in [-0.39, 0.29) is 37.4 Å². The number of fused-ring (bicyclic) bond motifs is 1. The van der Waals surface area contributed by atoms with Gasteiger partial charge in [0.15, 0.2) is 6.61 Å². The standard InChI is InChI=1S/C18H24N2O4S/c1-3-13(4-2)19-16(21)11-24-18(23)9-10-20-14-7-5-6-8-15(14)25-12-17(20)22/h5-8,13H,3-4,9-12H2,1-2H3,(H,19,21). The zero-order chi connectivity index (χ0) is 18.2. The number of carbonyl (C=O) groups is 3. The smallest absolute Gasteiger partial charge is 0.308 e. The molecule has 7 heteroatoms. The van der Waals surface area contributed by atoms with Gasteiger partial charge in [0.1, 0.15) is 0 Å². The van der Waals surface area contributed by atoms with E-state index < -0.39 is 5.97 Å². The Kier molecular flexibility index (Phi) is 7.31. The first-order valence-corrected chi connectivity index (χ1v) is 9.50. The van der Waals surface area contributed by atoms with Crippen molar-refractivity contribution in [2.45, 2.75) is 44.0 Å². The fraction of sp³-hybridized carbons (Fsp3) is 0.500. The molecule has 2 amide bonds. The zero-order valence-electron chi connectivity index (χ0n) is 14.6. The van der Waals surface area contributed by atoms with E-state index in [1.165, 1.54) is 11.8 Å². The molecule has 0 aromatic heterocycles. The number of hydrogen-bond donors (Lipinski definition) is 1. The summed E-state index contributed by atoms with van der Waals surface area (Å²) in [6.07, 6.45) is 1.73. The first-order chi connectivity index (χ1) is 12.0. The topological polar surface area (TPSA) is 75.7 Å². The lowest BCUT2D eigenvalue weighted by molar-refractivity contribution is -0.148. The average molecular weight is 364 g/mol. The molecule has 0 spiro atoms. The Hall–Kier alpha value is -2.02. The highest BCUT2D eigenvalue weighted by Crippen LogP contribution is 2.34. The second-order valence-corrected chi connectivity index (χ2v) is 6.81. The summed E-state index contributed by atoms with van der Waals surface area (Å²) in [6, 6.07) is 7.72. The van der Waals surface area contributed by atoms with Crippen molar-refractivity contribution in [3.63, 3.8) is 0 Å². The molecule has 0 atom stereocenters. The fourth-order valence-electron chi connectivity index (χ4n) is 2.58. The molecule has 0 fully saturated rings. The zero-order valence-corrected chi connectivity index (χ0v) is 15.4. The van der Waals surface area contributed by atoms with E-state index in [0.717, 1.165) is 23.4 Å². The number of rotatable bonds is 8. The Morgan fingerprint density at radius 1 is 1.28 bits per heavy atom. The predicted molar refractivity (Wildman–Crippen MR) is 97.6 cm³/mol. The van der Waals surface area contributed by atoms with Crippen LogP contribution in [0.15, 0.2) is 29.2 Å². The lowest BCUT2D eigenvalue weighted by atomic mass is 10.2. The Morgan fingerprint density at radius 2 is 2.00 bits per heavy atom. The predicted octanol–water partition coefficient (Wildman–Crippen LogP) is 2.36. The second-order valence-electron chi connectivity index (χ2n) is 5.79. The largest absolute Gasteiger partial charge is 0.456 e. The molecule has 0 saturated carbocycles. The number of nitrogens with one attached hydrogen (secondary N) is 1. The van der Waals surface area contributed by atoms with E-state index in [9.17, 15) is 14.4 Å². The molecule has 0 radical (unpaired) electrons. The quantitative estimate of drug-likeness (QED) is 0.717. The van der Waals surface area contributed by atoms with Gasteiger partial charge in [-0.2, -0.15) is 0 Å². The maximum absolute atomic E-state index is 12.1. The lowest BCUT2D eigenvalue weighted by Crippen LogP contribution is -2.38. The van der Waals surface area contributed by atoms with Crippen molar-refractivity contribution in [1.29, 1.82) is 0 Å². The van der Waals surface area contributed by atoms with Gasteiger partial charge in [-0.15, -0.1) is 11.8 Å². The molecule has 1 heterocycles. The van der Waals surface area contributed by atoms with Gasteiger partial charge in [-0.25, -0.2) is 0 Å². The van der Waals surface area contributed by atoms with Crippen molar-refractivity contribution >= 4 is 35.2 Å². The van der Waals surface area contributed by atoms with Crippen LogP contribution in [0.25, 0.3) is 0 Å². The molecule has 0 aliphatic carbocycles. The van der Waals surface area contributed by atoms with Gasteiger partial charge in [-0.3, -0.25) is 14.4 Å². The van der Waals surface area contributed by atoms with E-state index in [4.69, 9.17) is 4.74 Å². The van der Waals surface area contributed by atoms with Gasteiger partial charge in [0, 0.05) is 17.5 Å². The summed E-state index contributed by atoms with van der Waals surface area (Å²) < 4.78 is 5.01. The summed E-state index contributed by atoms with van der Waals surface area (Å²) in [4.78, 5) is 38.4. The fourth-order valence-corrected chi connectivity index (χ4v) is 3.52. The number of ether oxygens (including phenoxy) is 1. The molecule has 25 heavy (non-hydrogen) atoms. The van der Waals surface area contributed by atoms with E-state index in [2.05, 4.69) is 5.32 Å². The minimum absolute atomic E-state index is 0.0250. The molecule has 0 unspecified atom stereocenters. The highest BCUT2D eigenvalue weighted by molar-refractivity contribution is 8.00. The molecule has 136 valence electrons. The molecule has 0 saturated heterocycles. The first-order valence-electron chi connectivity index (χ1n) is 8.52. The van der Waals surface area contributed by atoms with Crippen LogP contribution in [0.4, 0.5) is 5.69 Å². The summed E-state index contributed by atoms with van der Waals surface area (Å²) in [5, 5.41) is 2.81. The van der Waals surface area contributed by atoms with Gasteiger partial charge in [0.05, 0.1) is 17.9 Å². The minimum atomic E-state index is -0.483. The second kappa shape index (κ2) is 9.46. The van der Waals surface area contributed by atoms with Crippen LogP contribution in [0, 0.1) is 0 Å². The molecular formula is C18H24N2O4S. The van der Waals surface area contributed by atoms with Crippen molar-refractivity contribution in [1.82, 2.24) is 5.32 Å². The summed E-state index contributed by atoms with van der Waals surface area (Å²) in [7, 11) is 0. The van der Waals surface area contributed by atoms with Crippen LogP contribution in [-0.2, 0) is 19.1 Å². The third-order valence-electron chi connectivity index (χ3n) is 4.06. The van der Waals surface area contributed by atoms with Gasteiger partial charge >= 0.3 is 5.97 Å². The van der Waals surface area contributed by atoms with Crippen LogP contribution in [-0.4, -0.2) is 42.7 Å². The molecule has 1 aromatic rings. The van der Waals surface area contributed by atoms with Crippen LogP contribution >= 0.6 is 11.8 Å². The lowest BCUT2D eigenvalue weighted by Gasteiger charge is -2.28. The maximum atomic E-state index is 12.1. The molecule has 1 aliphatic heterocycles. The highest BCUT2D eigenvalue weighted by Gasteiger charge is 2.25. The van der Waals surface area contributed by atoms with E-state index in [1.807, 2.05) is 38.1 Å². The molecule has 1 aliphatic rings. The number of thioether (sulfide) groups is 1. The highest BCUT2D eigenvalue weighted by atomic mass is 32.2. The normalized spacial score (nSPS) is 13.6. The summed E-state index contributed by atoms with van der Waals surface area (Å²) >= 11 is 1.50.